The lowest BCUT2D eigenvalue weighted by atomic mass is 9.82. The van der Waals surface area contributed by atoms with Gasteiger partial charge < -0.3 is 45.1 Å². The number of aryl methyl sites for hydroxylation is 3. The predicted molar refractivity (Wildman–Crippen MR) is 321 cm³/mol. The van der Waals surface area contributed by atoms with Crippen LogP contribution in [0.25, 0.3) is 44.4 Å². The summed E-state index contributed by atoms with van der Waals surface area (Å²) in [5.41, 5.74) is 21.4. The number of methoxy groups -OCH3 is 1. The van der Waals surface area contributed by atoms with Crippen LogP contribution in [-0.2, 0) is 41.2 Å². The van der Waals surface area contributed by atoms with Gasteiger partial charge in [-0.2, -0.15) is 9.97 Å². The number of hydrogen-bond acceptors (Lipinski definition) is 15. The van der Waals surface area contributed by atoms with Crippen molar-refractivity contribution in [3.05, 3.63) is 171 Å². The van der Waals surface area contributed by atoms with Crippen molar-refractivity contribution in [3.8, 4) is 17.1 Å². The molecule has 84 heavy (non-hydrogen) atoms. The van der Waals surface area contributed by atoms with Crippen LogP contribution in [-0.4, -0.2) is 79.6 Å². The molecular formula is C62H65Cl2FN12O7. The number of carbonyl (C=O) groups is 2. The fourth-order valence-corrected chi connectivity index (χ4v) is 12.1. The number of aliphatic hydroxyl groups is 1. The molecule has 6 aromatic heterocycles. The average Bonchev–Trinajstić information content (AvgIpc) is 2.05. The van der Waals surface area contributed by atoms with Crippen molar-refractivity contribution in [2.24, 2.45) is 11.7 Å². The highest BCUT2D eigenvalue weighted by molar-refractivity contribution is 6.33. The Labute approximate surface area is 493 Å². The zero-order chi connectivity index (χ0) is 60.2. The number of unbranched alkanes of at least 4 members (excludes halogenated alkanes) is 1. The van der Waals surface area contributed by atoms with Crippen LogP contribution in [0.1, 0.15) is 137 Å². The number of esters is 1. The highest BCUT2D eigenvalue weighted by atomic mass is 35.5. The van der Waals surface area contributed by atoms with Crippen LogP contribution in [0.5, 0.6) is 5.75 Å². The molecule has 0 spiro atoms. The van der Waals surface area contributed by atoms with Crippen LogP contribution in [0.3, 0.4) is 0 Å². The molecule has 6 N–H and O–H groups in total. The van der Waals surface area contributed by atoms with Gasteiger partial charge in [-0.05, 0) is 112 Å². The Morgan fingerprint density at radius 3 is 2.42 bits per heavy atom. The van der Waals surface area contributed by atoms with E-state index in [4.69, 9.17) is 54.1 Å². The van der Waals surface area contributed by atoms with Gasteiger partial charge in [-0.25, -0.2) is 24.1 Å². The summed E-state index contributed by atoms with van der Waals surface area (Å²) in [6, 6.07) is 15.1. The van der Waals surface area contributed by atoms with E-state index in [1.165, 1.54) is 6.07 Å². The third-order valence-electron chi connectivity index (χ3n) is 16.2. The summed E-state index contributed by atoms with van der Waals surface area (Å²) in [4.78, 5) is 83.0. The van der Waals surface area contributed by atoms with E-state index in [0.29, 0.717) is 86.9 Å². The number of carbonyl (C=O) groups excluding carboxylic acids is 2. The number of fused-ring (bicyclic) bond motifs is 7. The Hall–Kier alpha value is -8.17. The molecule has 0 fully saturated rings. The number of ether oxygens (including phenoxy) is 2. The molecule has 22 heteroatoms. The maximum Gasteiger partial charge on any atom is 0.343 e. The smallest absolute Gasteiger partial charge is 0.343 e. The molecule has 8 heterocycles. The van der Waals surface area contributed by atoms with Crippen molar-refractivity contribution in [2.75, 3.05) is 19.4 Å². The quantitative estimate of drug-likeness (QED) is 0.0693. The minimum atomic E-state index is -1.89. The number of nitrogens with two attached hydrogens (primary N) is 2. The Bertz CT molecular complexity index is 4240. The van der Waals surface area contributed by atoms with E-state index in [9.17, 15) is 28.7 Å². The number of aromatic amines is 1. The van der Waals surface area contributed by atoms with E-state index in [2.05, 4.69) is 31.8 Å². The van der Waals surface area contributed by atoms with Crippen molar-refractivity contribution in [1.29, 1.82) is 0 Å². The van der Waals surface area contributed by atoms with Gasteiger partial charge in [-0.3, -0.25) is 19.4 Å². The molecule has 3 atom stereocenters. The van der Waals surface area contributed by atoms with Crippen molar-refractivity contribution in [2.45, 2.75) is 125 Å². The highest BCUT2D eigenvalue weighted by Crippen LogP contribution is 2.45. The third kappa shape index (κ3) is 10.6. The van der Waals surface area contributed by atoms with Gasteiger partial charge >= 0.3 is 5.97 Å². The zero-order valence-corrected chi connectivity index (χ0v) is 49.7. The Kier molecular flexibility index (Phi) is 16.5. The largest absolute Gasteiger partial charge is 0.496 e. The lowest BCUT2D eigenvalue weighted by molar-refractivity contribution is -0.172. The van der Waals surface area contributed by atoms with Gasteiger partial charge in [0.05, 0.1) is 71.6 Å². The lowest BCUT2D eigenvalue weighted by Crippen LogP contribution is -2.44. The van der Waals surface area contributed by atoms with Crippen LogP contribution in [0.2, 0.25) is 10.2 Å². The Morgan fingerprint density at radius 2 is 1.71 bits per heavy atom. The number of hydrogen-bond donors (Lipinski definition) is 4. The standard InChI is InChI=1S/C24H28ClN3O2.C24H22FN3O4.C14H15ClN6O/c1-5-6-13-28(24(30)17-9-7-16(4)8-10-17)21(15(2)3)22-26-20-14-18(25)11-12-19(20)23(29)27-22;1-3-24(31)14-6-18-21-12(8-28(18)22(29)13(14)9-32-23(24)30)19-16(26)5-4-11-10(2)15(25)7-17(27-21)20(11)19;1-7-4-17-9(8(2)11(7)22-3)5-21-6-18-10-12(15)19-14(16)20-13(10)21/h7-12,14-15,21H,5-6,13H2,1-4H3,(H,26,27,29);6-7,16,31H,3-5,8-9,26H2,1-2H3;4,6H,5H2,1-3H3,(H2,16,19,20)/t21-;16-,24-;/m10./s1. The molecule has 0 bridgehead atoms. The second-order valence-corrected chi connectivity index (χ2v) is 22.7. The van der Waals surface area contributed by atoms with E-state index >= 15 is 0 Å². The molecule has 9 aromatic rings. The van der Waals surface area contributed by atoms with Gasteiger partial charge in [0.15, 0.2) is 16.4 Å². The Balaban J connectivity index is 0.000000143. The molecular weight excluding hydrogens is 1110 g/mol. The number of pyridine rings is 3. The first-order valence-corrected chi connectivity index (χ1v) is 28.6. The van der Waals surface area contributed by atoms with Gasteiger partial charge in [-0.15, -0.1) is 0 Å². The summed E-state index contributed by atoms with van der Waals surface area (Å²) >= 11 is 12.2. The summed E-state index contributed by atoms with van der Waals surface area (Å²) in [5, 5.41) is 13.1. The molecule has 0 radical (unpaired) electrons. The molecule has 0 saturated carbocycles. The number of cyclic esters (lactones) is 1. The van der Waals surface area contributed by atoms with E-state index < -0.39 is 11.6 Å². The van der Waals surface area contributed by atoms with Crippen molar-refractivity contribution in [3.63, 3.8) is 0 Å². The monoisotopic (exact) mass is 1180 g/mol. The van der Waals surface area contributed by atoms with Crippen LogP contribution in [0.15, 0.2) is 76.7 Å². The fourth-order valence-electron chi connectivity index (χ4n) is 11.7. The van der Waals surface area contributed by atoms with E-state index in [-0.39, 0.29) is 82.6 Å². The minimum absolute atomic E-state index is 0.0519. The van der Waals surface area contributed by atoms with Gasteiger partial charge in [-0.1, -0.05) is 75.0 Å². The molecule has 2 aliphatic heterocycles. The first-order valence-electron chi connectivity index (χ1n) is 27.9. The molecule has 12 rings (SSSR count). The first-order chi connectivity index (χ1) is 40.1. The molecule has 19 nitrogen and oxygen atoms in total. The minimum Gasteiger partial charge on any atom is -0.496 e. The number of amides is 1. The van der Waals surface area contributed by atoms with Crippen LogP contribution >= 0.6 is 23.2 Å². The number of nitrogen functional groups attached to an aromatic ring is 1. The first kappa shape index (κ1) is 59.0. The van der Waals surface area contributed by atoms with E-state index in [1.807, 2.05) is 68.4 Å². The summed E-state index contributed by atoms with van der Waals surface area (Å²) < 4.78 is 28.6. The second-order valence-electron chi connectivity index (χ2n) is 21.9. The van der Waals surface area contributed by atoms with Gasteiger partial charge in [0.2, 0.25) is 5.95 Å². The number of nitrogens with zero attached hydrogens (tertiary/aromatic N) is 9. The summed E-state index contributed by atoms with van der Waals surface area (Å²) in [5.74, 6) is 0.353. The number of benzene rings is 3. The van der Waals surface area contributed by atoms with Gasteiger partial charge in [0.25, 0.3) is 17.0 Å². The topological polar surface area (TPSA) is 265 Å². The fraction of sp³-hybridized carbons (Fsp3) is 0.355. The van der Waals surface area contributed by atoms with Crippen molar-refractivity contribution >= 4 is 74.0 Å². The van der Waals surface area contributed by atoms with E-state index in [0.717, 1.165) is 63.1 Å². The summed E-state index contributed by atoms with van der Waals surface area (Å²) in [6.07, 6.45) is 6.70. The van der Waals surface area contributed by atoms with E-state index in [1.54, 1.807) is 62.3 Å². The average molecular weight is 1180 g/mol. The molecule has 1 amide bonds. The molecule has 3 aromatic carbocycles. The number of imidazole rings is 1. The van der Waals surface area contributed by atoms with Gasteiger partial charge in [0, 0.05) is 63.1 Å². The van der Waals surface area contributed by atoms with Crippen LogP contribution in [0.4, 0.5) is 10.3 Å². The maximum atomic E-state index is 14.7. The number of H-pyrrole nitrogens is 1. The summed E-state index contributed by atoms with van der Waals surface area (Å²) in [7, 11) is 1.65. The normalized spacial score (nSPS) is 16.1. The number of rotatable bonds is 11. The number of nitrogens with one attached hydrogen (secondary N) is 1. The Morgan fingerprint density at radius 1 is 0.964 bits per heavy atom. The SMILES string of the molecule is CCCCN(C(=O)c1ccc(C)cc1)[C@@H](c1nc2cc(Cl)ccc2c(=O)[nH]1)C(C)C.CC[C@@]1(O)C(=O)OCc2c1cc1n(c2=O)Cc2c-1nc1cc(F)c(C)c3c1c2[C@@H](N)CC3.COc1c(C)cnc(Cn2cnc3c(Cl)nc(N)nc32)c1C. The summed E-state index contributed by atoms with van der Waals surface area (Å²) in [6.45, 7) is 16.7. The maximum absolute atomic E-state index is 14.7. The zero-order valence-electron chi connectivity index (χ0n) is 48.2. The highest BCUT2D eigenvalue weighted by Gasteiger charge is 2.46. The number of halogens is 3. The second kappa shape index (κ2) is 23.5. The van der Waals surface area contributed by atoms with Crippen LogP contribution in [0, 0.1) is 39.4 Å². The molecule has 0 saturated heterocycles. The molecule has 3 aliphatic rings. The number of aromatic nitrogens is 9. The third-order valence-corrected chi connectivity index (χ3v) is 16.7. The van der Waals surface area contributed by atoms with Crippen molar-refractivity contribution in [1.82, 2.24) is 48.9 Å². The molecule has 0 unspecified atom stereocenters. The predicted octanol–water partition coefficient (Wildman–Crippen LogP) is 10.1. The lowest BCUT2D eigenvalue weighted by Gasteiger charge is -2.34. The van der Waals surface area contributed by atoms with Gasteiger partial charge in [0.1, 0.15) is 29.5 Å². The molecule has 436 valence electrons. The van der Waals surface area contributed by atoms with Crippen LogP contribution < -0.4 is 27.3 Å². The van der Waals surface area contributed by atoms with Crippen molar-refractivity contribution < 1.29 is 28.6 Å². The number of anilines is 1. The molecule has 1 aliphatic carbocycles.